The maximum absolute atomic E-state index is 13.2. The molecule has 0 aromatic heterocycles. The van der Waals surface area contributed by atoms with Gasteiger partial charge in [-0.25, -0.2) is 0 Å². The Morgan fingerprint density at radius 2 is 1.88 bits per heavy atom. The Morgan fingerprint density at radius 3 is 2.50 bits per heavy atom. The molecule has 0 aromatic rings. The first-order valence-corrected chi connectivity index (χ1v) is 14.1. The molecule has 0 bridgehead atoms. The number of hydrogen-bond donors (Lipinski definition) is 0. The van der Waals surface area contributed by atoms with Gasteiger partial charge in [-0.2, -0.15) is 8.42 Å². The van der Waals surface area contributed by atoms with Crippen molar-refractivity contribution in [1.29, 1.82) is 0 Å². The van der Waals surface area contributed by atoms with Gasteiger partial charge in [0.15, 0.2) is 5.78 Å². The highest BCUT2D eigenvalue weighted by Crippen LogP contribution is 2.71. The molecule has 9 heteroatoms. The molecule has 8 nitrogen and oxygen atoms in total. The summed E-state index contributed by atoms with van der Waals surface area (Å²) in [7, 11) is -2.44. The van der Waals surface area contributed by atoms with E-state index in [2.05, 4.69) is 13.8 Å². The molecule has 2 unspecified atom stereocenters. The van der Waals surface area contributed by atoms with Gasteiger partial charge in [-0.15, -0.1) is 0 Å². The molecule has 0 radical (unpaired) electrons. The van der Waals surface area contributed by atoms with Gasteiger partial charge in [0.2, 0.25) is 0 Å². The first-order chi connectivity index (χ1) is 15.8. The zero-order chi connectivity index (χ0) is 24.7. The zero-order valence-corrected chi connectivity index (χ0v) is 21.1. The molecule has 4 aliphatic carbocycles. The molecule has 1 heterocycles. The molecule has 5 aliphatic rings. The Hall–Kier alpha value is -1.74. The van der Waals surface area contributed by atoms with E-state index < -0.39 is 38.6 Å². The zero-order valence-electron chi connectivity index (χ0n) is 20.3. The fraction of sp³-hybridized carbons (Fsp3) is 0.800. The molecule has 5 rings (SSSR count). The Morgan fingerprint density at radius 1 is 1.15 bits per heavy atom. The maximum atomic E-state index is 13.2. The molecule has 4 fully saturated rings. The average molecular weight is 495 g/mol. The molecule has 3 saturated carbocycles. The third-order valence-corrected chi connectivity index (χ3v) is 10.7. The van der Waals surface area contributed by atoms with Gasteiger partial charge in [0, 0.05) is 18.3 Å². The summed E-state index contributed by atoms with van der Waals surface area (Å²) in [5, 5.41) is 0. The SMILES string of the molecule is COC(=O)[C@@H]1CC2=CC(=O)CC[C@]2(C)C2[C@@H]1[C@@H]1CCC3(CCC(=O)O3)[C@@]1(C)C[C@@H]2OS(C)(=O)=O. The van der Waals surface area contributed by atoms with Crippen molar-refractivity contribution in [2.75, 3.05) is 13.4 Å². The summed E-state index contributed by atoms with van der Waals surface area (Å²) in [6.07, 6.45) is 6.29. The van der Waals surface area contributed by atoms with Gasteiger partial charge < -0.3 is 9.47 Å². The van der Waals surface area contributed by atoms with E-state index in [9.17, 15) is 22.8 Å². The first kappa shape index (κ1) is 24.0. The minimum absolute atomic E-state index is 0.0356. The van der Waals surface area contributed by atoms with Crippen LogP contribution in [0.15, 0.2) is 11.6 Å². The van der Waals surface area contributed by atoms with Gasteiger partial charge in [0.05, 0.1) is 25.4 Å². The molecule has 1 spiro atoms. The molecule has 1 aliphatic heterocycles. The molecule has 188 valence electrons. The van der Waals surface area contributed by atoms with Gasteiger partial charge in [0.25, 0.3) is 10.1 Å². The molecule has 0 N–H and O–H groups in total. The smallest absolute Gasteiger partial charge is 0.309 e. The fourth-order valence-corrected chi connectivity index (χ4v) is 9.26. The van der Waals surface area contributed by atoms with Crippen LogP contribution in [-0.4, -0.2) is 51.2 Å². The Labute approximate surface area is 200 Å². The Bertz CT molecular complexity index is 1080. The summed E-state index contributed by atoms with van der Waals surface area (Å²) >= 11 is 0. The predicted octanol–water partition coefficient (Wildman–Crippen LogP) is 2.95. The van der Waals surface area contributed by atoms with Crippen molar-refractivity contribution in [2.45, 2.75) is 76.9 Å². The summed E-state index contributed by atoms with van der Waals surface area (Å²) in [5.41, 5.74) is -0.753. The second-order valence-electron chi connectivity index (χ2n) is 11.6. The fourth-order valence-electron chi connectivity index (χ4n) is 8.63. The number of hydrogen-bond acceptors (Lipinski definition) is 8. The molecule has 8 atom stereocenters. The summed E-state index contributed by atoms with van der Waals surface area (Å²) < 4.78 is 42.0. The highest BCUT2D eigenvalue weighted by Gasteiger charge is 2.71. The summed E-state index contributed by atoms with van der Waals surface area (Å²) in [6.45, 7) is 4.18. The monoisotopic (exact) mass is 494 g/mol. The number of fused-ring (bicyclic) bond motifs is 6. The van der Waals surface area contributed by atoms with E-state index in [0.717, 1.165) is 18.2 Å². The Kier molecular flexibility index (Phi) is 5.38. The normalized spacial score (nSPS) is 45.8. The Balaban J connectivity index is 1.68. The number of ketones is 1. The van der Waals surface area contributed by atoms with E-state index in [1.165, 1.54) is 7.11 Å². The van der Waals surface area contributed by atoms with Crippen molar-refractivity contribution in [3.63, 3.8) is 0 Å². The quantitative estimate of drug-likeness (QED) is 0.435. The second-order valence-corrected chi connectivity index (χ2v) is 13.2. The number of rotatable bonds is 3. The number of carbonyl (C=O) groups excluding carboxylic acids is 3. The molecule has 1 saturated heterocycles. The van der Waals surface area contributed by atoms with Crippen molar-refractivity contribution >= 4 is 27.8 Å². The van der Waals surface area contributed by atoms with Gasteiger partial charge in [0.1, 0.15) is 5.60 Å². The second kappa shape index (κ2) is 7.63. The summed E-state index contributed by atoms with van der Waals surface area (Å²) in [4.78, 5) is 37.7. The minimum Gasteiger partial charge on any atom is -0.469 e. The highest BCUT2D eigenvalue weighted by atomic mass is 32.2. The van der Waals surface area contributed by atoms with Gasteiger partial charge in [-0.3, -0.25) is 18.6 Å². The van der Waals surface area contributed by atoms with Gasteiger partial charge in [-0.05, 0) is 67.8 Å². The van der Waals surface area contributed by atoms with E-state index in [1.54, 1.807) is 6.08 Å². The molecule has 0 aromatic carbocycles. The maximum Gasteiger partial charge on any atom is 0.309 e. The average Bonchev–Trinajstić information content (AvgIpc) is 3.26. The number of carbonyl (C=O) groups is 3. The first-order valence-electron chi connectivity index (χ1n) is 12.3. The summed E-state index contributed by atoms with van der Waals surface area (Å²) in [6, 6.07) is 0. The van der Waals surface area contributed by atoms with E-state index in [-0.39, 0.29) is 35.5 Å². The van der Waals surface area contributed by atoms with E-state index >= 15 is 0 Å². The van der Waals surface area contributed by atoms with Crippen LogP contribution in [0.4, 0.5) is 0 Å². The van der Waals surface area contributed by atoms with Crippen LogP contribution in [0.5, 0.6) is 0 Å². The molecule has 34 heavy (non-hydrogen) atoms. The molecular weight excluding hydrogens is 460 g/mol. The van der Waals surface area contributed by atoms with Crippen molar-refractivity contribution < 1.29 is 36.5 Å². The third kappa shape index (κ3) is 3.33. The van der Waals surface area contributed by atoms with Crippen LogP contribution >= 0.6 is 0 Å². The van der Waals surface area contributed by atoms with Crippen molar-refractivity contribution in [3.8, 4) is 0 Å². The molecular formula is C25H34O8S. The predicted molar refractivity (Wildman–Crippen MR) is 121 cm³/mol. The minimum atomic E-state index is -3.80. The number of esters is 2. The lowest BCUT2D eigenvalue weighted by atomic mass is 9.43. The lowest BCUT2D eigenvalue weighted by Crippen LogP contribution is -2.63. The number of methoxy groups -OCH3 is 1. The van der Waals surface area contributed by atoms with Crippen LogP contribution in [-0.2, 0) is 38.2 Å². The van der Waals surface area contributed by atoms with Crippen molar-refractivity contribution in [1.82, 2.24) is 0 Å². The highest BCUT2D eigenvalue weighted by molar-refractivity contribution is 7.86. The largest absolute Gasteiger partial charge is 0.469 e. The van der Waals surface area contributed by atoms with Crippen LogP contribution < -0.4 is 0 Å². The van der Waals surface area contributed by atoms with Gasteiger partial charge >= 0.3 is 11.9 Å². The van der Waals surface area contributed by atoms with E-state index in [0.29, 0.717) is 44.9 Å². The van der Waals surface area contributed by atoms with Crippen molar-refractivity contribution in [2.24, 2.45) is 34.5 Å². The van der Waals surface area contributed by atoms with Crippen LogP contribution in [0.1, 0.15) is 65.2 Å². The topological polar surface area (TPSA) is 113 Å². The number of ether oxygens (including phenoxy) is 2. The van der Waals surface area contributed by atoms with Crippen molar-refractivity contribution in [3.05, 3.63) is 11.6 Å². The van der Waals surface area contributed by atoms with E-state index in [1.807, 2.05) is 0 Å². The molecule has 0 amide bonds. The van der Waals surface area contributed by atoms with Crippen LogP contribution in [0.3, 0.4) is 0 Å². The standard InChI is InChI=1S/C25H34O8S/c1-23-8-5-15(26)11-14(23)12-16(22(28)31-3)20-17-6-9-25(10-7-19(27)32-25)24(17,2)13-18(21(20)23)33-34(4,29)30/h11,16-18,20-21H,5-10,12-13H2,1-4H3/t16-,17+,18+,20+,21?,23+,24+,25?/m1/s1. The van der Waals surface area contributed by atoms with Crippen LogP contribution in [0.25, 0.3) is 0 Å². The van der Waals surface area contributed by atoms with E-state index in [4.69, 9.17) is 13.7 Å². The van der Waals surface area contributed by atoms with Crippen LogP contribution in [0.2, 0.25) is 0 Å². The van der Waals surface area contributed by atoms with Crippen LogP contribution in [0, 0.1) is 34.5 Å². The van der Waals surface area contributed by atoms with Gasteiger partial charge in [-0.1, -0.05) is 19.4 Å². The summed E-state index contributed by atoms with van der Waals surface area (Å²) in [5.74, 6) is -1.47. The lowest BCUT2D eigenvalue weighted by Gasteiger charge is -2.62. The third-order valence-electron chi connectivity index (χ3n) is 10.1. The number of allylic oxidation sites excluding steroid dienone is 1. The lowest BCUT2D eigenvalue weighted by molar-refractivity contribution is -0.193.